The average molecular weight is 402 g/mol. The Bertz CT molecular complexity index is 1040. The number of carbonyl (C=O) groups is 1. The second-order valence-electron chi connectivity index (χ2n) is 7.72. The second kappa shape index (κ2) is 8.53. The molecule has 1 fully saturated rings. The molecule has 30 heavy (non-hydrogen) atoms. The van der Waals surface area contributed by atoms with Crippen LogP contribution in [-0.2, 0) is 0 Å². The summed E-state index contributed by atoms with van der Waals surface area (Å²) < 4.78 is 6.15. The van der Waals surface area contributed by atoms with E-state index in [0.29, 0.717) is 29.4 Å². The monoisotopic (exact) mass is 402 g/mol. The van der Waals surface area contributed by atoms with Gasteiger partial charge >= 0.3 is 0 Å². The maximum Gasteiger partial charge on any atom is 0.256 e. The molecule has 0 spiro atoms. The van der Waals surface area contributed by atoms with Crippen LogP contribution in [0, 0.1) is 6.92 Å². The van der Waals surface area contributed by atoms with Crippen LogP contribution < -0.4 is 10.5 Å². The Kier molecular flexibility index (Phi) is 5.65. The molecular weight excluding hydrogens is 376 g/mol. The Hall–Kier alpha value is -3.41. The molecular formula is C24H26N4O2. The number of ether oxygens (including phenoxy) is 1. The van der Waals surface area contributed by atoms with Gasteiger partial charge in [-0.2, -0.15) is 0 Å². The minimum absolute atomic E-state index is 0.0278. The summed E-state index contributed by atoms with van der Waals surface area (Å²) in [5.74, 6) is 0.508. The van der Waals surface area contributed by atoms with Gasteiger partial charge in [0.1, 0.15) is 6.10 Å². The molecule has 3 aromatic rings. The van der Waals surface area contributed by atoms with Crippen molar-refractivity contribution in [2.75, 3.05) is 12.3 Å². The van der Waals surface area contributed by atoms with Gasteiger partial charge in [-0.1, -0.05) is 30.3 Å². The molecule has 6 nitrogen and oxygen atoms in total. The lowest BCUT2D eigenvalue weighted by molar-refractivity contribution is 0.0371. The van der Waals surface area contributed by atoms with Crippen LogP contribution in [0.3, 0.4) is 0 Å². The highest BCUT2D eigenvalue weighted by atomic mass is 16.5. The maximum atomic E-state index is 13.5. The standard InChI is InChI=1S/C24H26N4O2/c1-16-10-11-19(30-23-17(2)21(25)12-14-27-23)15-28(16)24(29)20-9-6-13-26-22(20)18-7-4-3-5-8-18/h3-9,12-14,16,19H,10-11,15H2,1-2H3,(H2,25,27). The number of carbonyl (C=O) groups excluding carboxylic acids is 1. The lowest BCUT2D eigenvalue weighted by Crippen LogP contribution is -2.49. The summed E-state index contributed by atoms with van der Waals surface area (Å²) in [5.41, 5.74) is 9.69. The van der Waals surface area contributed by atoms with Crippen molar-refractivity contribution in [1.82, 2.24) is 14.9 Å². The maximum absolute atomic E-state index is 13.5. The Labute approximate surface area is 176 Å². The van der Waals surface area contributed by atoms with Crippen LogP contribution in [0.4, 0.5) is 5.69 Å². The molecule has 4 rings (SSSR count). The summed E-state index contributed by atoms with van der Waals surface area (Å²) in [6, 6.07) is 15.3. The fourth-order valence-corrected chi connectivity index (χ4v) is 3.82. The zero-order valence-corrected chi connectivity index (χ0v) is 17.3. The third kappa shape index (κ3) is 3.99. The van der Waals surface area contributed by atoms with E-state index in [-0.39, 0.29) is 18.1 Å². The number of hydrogen-bond donors (Lipinski definition) is 1. The van der Waals surface area contributed by atoms with Gasteiger partial charge in [0.2, 0.25) is 5.88 Å². The zero-order chi connectivity index (χ0) is 21.1. The lowest BCUT2D eigenvalue weighted by atomic mass is 9.98. The lowest BCUT2D eigenvalue weighted by Gasteiger charge is -2.38. The largest absolute Gasteiger partial charge is 0.472 e. The summed E-state index contributed by atoms with van der Waals surface area (Å²) in [6.45, 7) is 4.48. The molecule has 2 atom stereocenters. The second-order valence-corrected chi connectivity index (χ2v) is 7.72. The summed E-state index contributed by atoms with van der Waals surface area (Å²) in [6.07, 6.45) is 4.96. The molecule has 0 saturated carbocycles. The van der Waals surface area contributed by atoms with Gasteiger partial charge < -0.3 is 15.4 Å². The fourth-order valence-electron chi connectivity index (χ4n) is 3.82. The van der Waals surface area contributed by atoms with Crippen LogP contribution in [0.2, 0.25) is 0 Å². The van der Waals surface area contributed by atoms with E-state index >= 15 is 0 Å². The molecule has 0 radical (unpaired) electrons. The number of piperidine rings is 1. The van der Waals surface area contributed by atoms with Crippen LogP contribution in [0.15, 0.2) is 60.9 Å². The van der Waals surface area contributed by atoms with E-state index in [2.05, 4.69) is 16.9 Å². The normalized spacial score (nSPS) is 18.8. The summed E-state index contributed by atoms with van der Waals surface area (Å²) in [5, 5.41) is 0. The van der Waals surface area contributed by atoms with Crippen molar-refractivity contribution in [3.8, 4) is 17.1 Å². The molecule has 3 heterocycles. The number of hydrogen-bond acceptors (Lipinski definition) is 5. The molecule has 6 heteroatoms. The molecule has 1 amide bonds. The number of benzene rings is 1. The fraction of sp³-hybridized carbons (Fsp3) is 0.292. The van der Waals surface area contributed by atoms with E-state index in [1.165, 1.54) is 0 Å². The van der Waals surface area contributed by atoms with E-state index in [0.717, 1.165) is 24.0 Å². The van der Waals surface area contributed by atoms with Crippen LogP contribution in [-0.4, -0.2) is 39.5 Å². The van der Waals surface area contributed by atoms with Crippen LogP contribution >= 0.6 is 0 Å². The molecule has 2 aromatic heterocycles. The number of nitrogens with two attached hydrogens (primary N) is 1. The molecule has 2 unspecified atom stereocenters. The van der Waals surface area contributed by atoms with E-state index in [1.807, 2.05) is 54.3 Å². The van der Waals surface area contributed by atoms with Crippen LogP contribution in [0.1, 0.15) is 35.7 Å². The number of nitrogens with zero attached hydrogens (tertiary/aromatic N) is 3. The summed E-state index contributed by atoms with van der Waals surface area (Å²) >= 11 is 0. The van der Waals surface area contributed by atoms with Gasteiger partial charge in [0.25, 0.3) is 5.91 Å². The highest BCUT2D eigenvalue weighted by molar-refractivity contribution is 6.00. The van der Waals surface area contributed by atoms with Gasteiger partial charge in [-0.05, 0) is 44.9 Å². The topological polar surface area (TPSA) is 81.3 Å². The molecule has 1 aromatic carbocycles. The predicted octanol–water partition coefficient (Wildman–Crippen LogP) is 4.11. The highest BCUT2D eigenvalue weighted by Crippen LogP contribution is 2.28. The minimum Gasteiger partial charge on any atom is -0.472 e. The number of nitrogen functional groups attached to an aromatic ring is 1. The summed E-state index contributed by atoms with van der Waals surface area (Å²) in [7, 11) is 0. The molecule has 1 aliphatic heterocycles. The first kappa shape index (κ1) is 19.9. The Morgan fingerprint density at radius 2 is 1.87 bits per heavy atom. The zero-order valence-electron chi connectivity index (χ0n) is 17.3. The summed E-state index contributed by atoms with van der Waals surface area (Å²) in [4.78, 5) is 24.2. The van der Waals surface area contributed by atoms with E-state index in [4.69, 9.17) is 10.5 Å². The van der Waals surface area contributed by atoms with Gasteiger partial charge in [-0.15, -0.1) is 0 Å². The first-order valence-corrected chi connectivity index (χ1v) is 10.2. The number of likely N-dealkylation sites (tertiary alicyclic amines) is 1. The molecule has 154 valence electrons. The Morgan fingerprint density at radius 1 is 1.07 bits per heavy atom. The molecule has 0 aliphatic carbocycles. The van der Waals surface area contributed by atoms with Crippen molar-refractivity contribution in [3.63, 3.8) is 0 Å². The molecule has 0 bridgehead atoms. The van der Waals surface area contributed by atoms with Gasteiger partial charge in [-0.25, -0.2) is 4.98 Å². The SMILES string of the molecule is Cc1c(N)ccnc1OC1CCC(C)N(C(=O)c2cccnc2-c2ccccc2)C1. The quantitative estimate of drug-likeness (QED) is 0.710. The third-order valence-electron chi connectivity index (χ3n) is 5.66. The van der Waals surface area contributed by atoms with Gasteiger partial charge in [0, 0.05) is 35.2 Å². The first-order chi connectivity index (χ1) is 14.5. The van der Waals surface area contributed by atoms with Crippen LogP contribution in [0.25, 0.3) is 11.3 Å². The third-order valence-corrected chi connectivity index (χ3v) is 5.66. The van der Waals surface area contributed by atoms with E-state index < -0.39 is 0 Å². The molecule has 2 N–H and O–H groups in total. The smallest absolute Gasteiger partial charge is 0.256 e. The van der Waals surface area contributed by atoms with Crippen molar-refractivity contribution in [2.45, 2.75) is 38.8 Å². The average Bonchev–Trinajstić information content (AvgIpc) is 2.78. The molecule has 1 aliphatic rings. The number of anilines is 1. The number of pyridine rings is 2. The number of amides is 1. The van der Waals surface area contributed by atoms with Gasteiger partial charge in [0.05, 0.1) is 17.8 Å². The van der Waals surface area contributed by atoms with Gasteiger partial charge in [0.15, 0.2) is 0 Å². The first-order valence-electron chi connectivity index (χ1n) is 10.2. The minimum atomic E-state index is -0.130. The predicted molar refractivity (Wildman–Crippen MR) is 117 cm³/mol. The van der Waals surface area contributed by atoms with Gasteiger partial charge in [-0.3, -0.25) is 9.78 Å². The number of aromatic nitrogens is 2. The highest BCUT2D eigenvalue weighted by Gasteiger charge is 2.32. The van der Waals surface area contributed by atoms with Crippen LogP contribution in [0.5, 0.6) is 5.88 Å². The number of rotatable bonds is 4. The Morgan fingerprint density at radius 3 is 2.67 bits per heavy atom. The van der Waals surface area contributed by atoms with E-state index in [9.17, 15) is 4.79 Å². The van der Waals surface area contributed by atoms with Crippen molar-refractivity contribution in [1.29, 1.82) is 0 Å². The van der Waals surface area contributed by atoms with Crippen molar-refractivity contribution >= 4 is 11.6 Å². The van der Waals surface area contributed by atoms with Crippen molar-refractivity contribution < 1.29 is 9.53 Å². The van der Waals surface area contributed by atoms with Crippen molar-refractivity contribution in [2.24, 2.45) is 0 Å². The Balaban J connectivity index is 1.58. The van der Waals surface area contributed by atoms with Crippen molar-refractivity contribution in [3.05, 3.63) is 72.1 Å². The van der Waals surface area contributed by atoms with E-state index in [1.54, 1.807) is 18.5 Å². The molecule has 1 saturated heterocycles.